The molecule has 1 aromatic carbocycles. The highest BCUT2D eigenvalue weighted by atomic mass is 16.7. The van der Waals surface area contributed by atoms with Crippen molar-refractivity contribution < 1.29 is 9.47 Å². The molecule has 2 aromatic rings. The van der Waals surface area contributed by atoms with E-state index < -0.39 is 0 Å². The summed E-state index contributed by atoms with van der Waals surface area (Å²) >= 11 is 0. The molecule has 0 unspecified atom stereocenters. The van der Waals surface area contributed by atoms with Gasteiger partial charge in [-0.05, 0) is 14.1 Å². The van der Waals surface area contributed by atoms with E-state index in [9.17, 15) is 0 Å². The maximum absolute atomic E-state index is 5.86. The Hall–Kier alpha value is -2.22. The van der Waals surface area contributed by atoms with E-state index in [0.29, 0.717) is 19.2 Å². The maximum atomic E-state index is 5.86. The van der Waals surface area contributed by atoms with Gasteiger partial charge in [0.05, 0.1) is 18.9 Å². The number of likely N-dealkylation sites (N-methyl/N-ethyl adjacent to an activating group) is 1. The first kappa shape index (κ1) is 19.1. The SMILES string of the molecule is CN(C)CCNc1nc(-c2ccccc2)cc(N2CCC3(CC2)OCCO3)n1. The standard InChI is InChI=1S/C21H29N5O2/c1-25(2)13-10-22-20-23-18(17-6-4-3-5-7-17)16-19(24-20)26-11-8-21(9-12-26)27-14-15-28-21/h3-7,16H,8-15H2,1-2H3,(H,22,23,24). The Kier molecular flexibility index (Phi) is 5.75. The summed E-state index contributed by atoms with van der Waals surface area (Å²) in [4.78, 5) is 14.0. The Morgan fingerprint density at radius 1 is 1.07 bits per heavy atom. The molecule has 2 fully saturated rings. The molecule has 2 saturated heterocycles. The molecule has 0 aliphatic carbocycles. The van der Waals surface area contributed by atoms with Crippen molar-refractivity contribution in [3.63, 3.8) is 0 Å². The van der Waals surface area contributed by atoms with E-state index in [1.54, 1.807) is 0 Å². The van der Waals surface area contributed by atoms with Gasteiger partial charge in [-0.15, -0.1) is 0 Å². The number of hydrogen-bond donors (Lipinski definition) is 1. The molecule has 150 valence electrons. The first-order chi connectivity index (χ1) is 13.6. The number of ether oxygens (including phenoxy) is 2. The van der Waals surface area contributed by atoms with Gasteiger partial charge in [0.2, 0.25) is 5.95 Å². The highest BCUT2D eigenvalue weighted by Crippen LogP contribution is 2.33. The summed E-state index contributed by atoms with van der Waals surface area (Å²) in [5.41, 5.74) is 2.03. The summed E-state index contributed by atoms with van der Waals surface area (Å²) in [5, 5.41) is 3.37. The van der Waals surface area contributed by atoms with Gasteiger partial charge in [-0.25, -0.2) is 4.98 Å². The number of anilines is 2. The van der Waals surface area contributed by atoms with E-state index in [4.69, 9.17) is 19.4 Å². The molecule has 1 spiro atoms. The van der Waals surface area contributed by atoms with Crippen LogP contribution in [0.15, 0.2) is 36.4 Å². The van der Waals surface area contributed by atoms with E-state index >= 15 is 0 Å². The number of nitrogens with one attached hydrogen (secondary N) is 1. The molecule has 0 atom stereocenters. The third kappa shape index (κ3) is 4.43. The zero-order chi connectivity index (χ0) is 19.4. The number of rotatable bonds is 6. The van der Waals surface area contributed by atoms with Crippen LogP contribution in [0.1, 0.15) is 12.8 Å². The second-order valence-electron chi connectivity index (χ2n) is 7.63. The lowest BCUT2D eigenvalue weighted by Gasteiger charge is -2.38. The average molecular weight is 383 g/mol. The highest BCUT2D eigenvalue weighted by molar-refractivity contribution is 5.64. The molecule has 0 radical (unpaired) electrons. The Morgan fingerprint density at radius 2 is 1.79 bits per heavy atom. The lowest BCUT2D eigenvalue weighted by Crippen LogP contribution is -2.45. The van der Waals surface area contributed by atoms with Crippen LogP contribution in [-0.4, -0.2) is 74.1 Å². The summed E-state index contributed by atoms with van der Waals surface area (Å²) < 4.78 is 11.7. The summed E-state index contributed by atoms with van der Waals surface area (Å²) in [6.07, 6.45) is 1.72. The number of hydrogen-bond acceptors (Lipinski definition) is 7. The lowest BCUT2D eigenvalue weighted by molar-refractivity contribution is -0.169. The van der Waals surface area contributed by atoms with E-state index in [1.165, 1.54) is 0 Å². The monoisotopic (exact) mass is 383 g/mol. The zero-order valence-electron chi connectivity index (χ0n) is 16.7. The van der Waals surface area contributed by atoms with Crippen LogP contribution >= 0.6 is 0 Å². The van der Waals surface area contributed by atoms with Gasteiger partial charge in [-0.2, -0.15) is 4.98 Å². The van der Waals surface area contributed by atoms with E-state index in [-0.39, 0.29) is 5.79 Å². The highest BCUT2D eigenvalue weighted by Gasteiger charge is 2.40. The van der Waals surface area contributed by atoms with Crippen LogP contribution in [0.25, 0.3) is 11.3 Å². The predicted molar refractivity (Wildman–Crippen MR) is 111 cm³/mol. The molecule has 2 aliphatic rings. The van der Waals surface area contributed by atoms with Gasteiger partial charge in [0.1, 0.15) is 5.82 Å². The van der Waals surface area contributed by atoms with Crippen molar-refractivity contribution in [2.24, 2.45) is 0 Å². The van der Waals surface area contributed by atoms with Gasteiger partial charge in [0.25, 0.3) is 0 Å². The van der Waals surface area contributed by atoms with Crippen LogP contribution in [-0.2, 0) is 9.47 Å². The Labute approximate surface area is 166 Å². The van der Waals surface area contributed by atoms with Gasteiger partial charge in [-0.3, -0.25) is 0 Å². The molecule has 7 heteroatoms. The molecular formula is C21H29N5O2. The predicted octanol–water partition coefficient (Wildman–Crippen LogP) is 2.46. The van der Waals surface area contributed by atoms with E-state index in [1.807, 2.05) is 18.2 Å². The molecule has 7 nitrogen and oxygen atoms in total. The van der Waals surface area contributed by atoms with Crippen molar-refractivity contribution in [2.45, 2.75) is 18.6 Å². The normalized spacial score (nSPS) is 18.8. The van der Waals surface area contributed by atoms with Crippen LogP contribution in [0.5, 0.6) is 0 Å². The van der Waals surface area contributed by atoms with E-state index in [2.05, 4.69) is 47.4 Å². The zero-order valence-corrected chi connectivity index (χ0v) is 16.7. The summed E-state index contributed by atoms with van der Waals surface area (Å²) in [6.45, 7) is 4.85. The molecule has 0 saturated carbocycles. The molecule has 4 rings (SSSR count). The second-order valence-corrected chi connectivity index (χ2v) is 7.63. The van der Waals surface area contributed by atoms with Crippen LogP contribution in [0.3, 0.4) is 0 Å². The first-order valence-electron chi connectivity index (χ1n) is 10.00. The van der Waals surface area contributed by atoms with Crippen molar-refractivity contribution in [2.75, 3.05) is 63.7 Å². The van der Waals surface area contributed by atoms with Gasteiger partial charge < -0.3 is 24.6 Å². The topological polar surface area (TPSA) is 62.8 Å². The average Bonchev–Trinajstić information content (AvgIpc) is 3.17. The van der Waals surface area contributed by atoms with Gasteiger partial charge in [0, 0.05) is 50.7 Å². The fraction of sp³-hybridized carbons (Fsp3) is 0.524. The molecule has 1 N–H and O–H groups in total. The van der Waals surface area contributed by atoms with Gasteiger partial charge >= 0.3 is 0 Å². The quantitative estimate of drug-likeness (QED) is 0.822. The molecule has 0 bridgehead atoms. The van der Waals surface area contributed by atoms with Crippen molar-refractivity contribution in [1.82, 2.24) is 14.9 Å². The van der Waals surface area contributed by atoms with E-state index in [0.717, 1.165) is 56.1 Å². The van der Waals surface area contributed by atoms with Gasteiger partial charge in [-0.1, -0.05) is 30.3 Å². The van der Waals surface area contributed by atoms with Crippen LogP contribution in [0.2, 0.25) is 0 Å². The second kappa shape index (κ2) is 8.43. The van der Waals surface area contributed by atoms with Crippen LogP contribution in [0.4, 0.5) is 11.8 Å². The third-order valence-corrected chi connectivity index (χ3v) is 5.29. The number of aromatic nitrogens is 2. The Bertz CT molecular complexity index is 768. The molecule has 1 aromatic heterocycles. The smallest absolute Gasteiger partial charge is 0.225 e. The molecule has 3 heterocycles. The Morgan fingerprint density at radius 3 is 2.46 bits per heavy atom. The van der Waals surface area contributed by atoms with Crippen LogP contribution < -0.4 is 10.2 Å². The minimum Gasteiger partial charge on any atom is -0.356 e. The summed E-state index contributed by atoms with van der Waals surface area (Å²) in [5.74, 6) is 1.25. The molecular weight excluding hydrogens is 354 g/mol. The summed E-state index contributed by atoms with van der Waals surface area (Å²) in [6, 6.07) is 12.3. The number of piperidine rings is 1. The fourth-order valence-corrected chi connectivity index (χ4v) is 3.69. The van der Waals surface area contributed by atoms with Crippen molar-refractivity contribution in [1.29, 1.82) is 0 Å². The molecule has 2 aliphatic heterocycles. The fourth-order valence-electron chi connectivity index (χ4n) is 3.69. The third-order valence-electron chi connectivity index (χ3n) is 5.29. The summed E-state index contributed by atoms with van der Waals surface area (Å²) in [7, 11) is 4.12. The molecule has 28 heavy (non-hydrogen) atoms. The molecule has 0 amide bonds. The largest absolute Gasteiger partial charge is 0.356 e. The van der Waals surface area contributed by atoms with Crippen LogP contribution in [0, 0.1) is 0 Å². The number of benzene rings is 1. The lowest BCUT2D eigenvalue weighted by atomic mass is 10.0. The van der Waals surface area contributed by atoms with Crippen molar-refractivity contribution in [3.05, 3.63) is 36.4 Å². The van der Waals surface area contributed by atoms with Gasteiger partial charge in [0.15, 0.2) is 5.79 Å². The number of nitrogens with zero attached hydrogens (tertiary/aromatic N) is 4. The van der Waals surface area contributed by atoms with Crippen molar-refractivity contribution >= 4 is 11.8 Å². The minimum atomic E-state index is -0.376. The Balaban J connectivity index is 1.55. The minimum absolute atomic E-state index is 0.376. The maximum Gasteiger partial charge on any atom is 0.225 e. The van der Waals surface area contributed by atoms with Crippen molar-refractivity contribution in [3.8, 4) is 11.3 Å². The first-order valence-corrected chi connectivity index (χ1v) is 10.00.